The van der Waals surface area contributed by atoms with Crippen molar-refractivity contribution in [2.75, 3.05) is 37.6 Å². The Hall–Kier alpha value is -1.88. The molecule has 1 N–H and O–H groups in total. The normalized spacial score (nSPS) is 17.3. The van der Waals surface area contributed by atoms with Gasteiger partial charge in [0.25, 0.3) is 0 Å². The maximum Gasteiger partial charge on any atom is 0.330 e. The van der Waals surface area contributed by atoms with Crippen molar-refractivity contribution < 1.29 is 14.3 Å². The van der Waals surface area contributed by atoms with E-state index in [9.17, 15) is 9.18 Å². The van der Waals surface area contributed by atoms with Gasteiger partial charge in [-0.2, -0.15) is 0 Å². The molecule has 0 aromatic heterocycles. The van der Waals surface area contributed by atoms with E-state index in [-0.39, 0.29) is 5.82 Å². The molecule has 0 radical (unpaired) electrons. The molecule has 0 spiro atoms. The molecule has 0 unspecified atom stereocenters. The largest absolute Gasteiger partial charge is 0.478 e. The first kappa shape index (κ1) is 14.5. The van der Waals surface area contributed by atoms with Crippen LogP contribution in [0.5, 0.6) is 0 Å². The van der Waals surface area contributed by atoms with Gasteiger partial charge in [-0.3, -0.25) is 4.90 Å². The third-order valence-electron chi connectivity index (χ3n) is 3.56. The van der Waals surface area contributed by atoms with Crippen molar-refractivity contribution in [2.45, 2.75) is 6.92 Å². The lowest BCUT2D eigenvalue weighted by Gasteiger charge is -2.35. The molecule has 1 aliphatic heterocycles. The molecule has 4 nitrogen and oxygen atoms in total. The summed E-state index contributed by atoms with van der Waals surface area (Å²) in [6, 6.07) is 6.79. The minimum Gasteiger partial charge on any atom is -0.478 e. The van der Waals surface area contributed by atoms with E-state index in [0.717, 1.165) is 26.2 Å². The number of carboxylic acid groups (broad SMARTS) is 1. The van der Waals surface area contributed by atoms with Crippen molar-refractivity contribution in [1.82, 2.24) is 4.90 Å². The first-order chi connectivity index (χ1) is 9.58. The van der Waals surface area contributed by atoms with Crippen molar-refractivity contribution >= 4 is 11.7 Å². The van der Waals surface area contributed by atoms with Gasteiger partial charge < -0.3 is 10.0 Å². The average Bonchev–Trinajstić information content (AvgIpc) is 2.46. The van der Waals surface area contributed by atoms with E-state index in [1.54, 1.807) is 25.1 Å². The fraction of sp³-hybridized carbons (Fsp3) is 0.400. The fourth-order valence-corrected chi connectivity index (χ4v) is 2.23. The standard InChI is InChI=1S/C15H19FN2O2/c1-12(15(19)20)6-7-17-8-10-18(11-9-17)14-5-3-2-4-13(14)16/h2-6H,7-11H2,1H3,(H,19,20). The lowest BCUT2D eigenvalue weighted by atomic mass is 10.2. The van der Waals surface area contributed by atoms with Crippen LogP contribution in [0.3, 0.4) is 0 Å². The Morgan fingerprint density at radius 1 is 1.30 bits per heavy atom. The summed E-state index contributed by atoms with van der Waals surface area (Å²) in [5.41, 5.74) is 1.01. The van der Waals surface area contributed by atoms with E-state index in [2.05, 4.69) is 4.90 Å². The number of hydrogen-bond donors (Lipinski definition) is 1. The van der Waals surface area contributed by atoms with E-state index in [4.69, 9.17) is 5.11 Å². The smallest absolute Gasteiger partial charge is 0.330 e. The Bertz CT molecular complexity index is 508. The minimum atomic E-state index is -0.880. The lowest BCUT2D eigenvalue weighted by molar-refractivity contribution is -0.132. The Kier molecular flexibility index (Phi) is 4.74. The molecule has 0 aliphatic carbocycles. The number of anilines is 1. The molecule has 5 heteroatoms. The molecule has 1 heterocycles. The van der Waals surface area contributed by atoms with Gasteiger partial charge >= 0.3 is 5.97 Å². The monoisotopic (exact) mass is 278 g/mol. The third kappa shape index (κ3) is 3.57. The first-order valence-electron chi connectivity index (χ1n) is 6.70. The van der Waals surface area contributed by atoms with E-state index in [1.165, 1.54) is 6.07 Å². The van der Waals surface area contributed by atoms with Crippen LogP contribution in [0, 0.1) is 5.82 Å². The fourth-order valence-electron chi connectivity index (χ4n) is 2.23. The molecule has 0 atom stereocenters. The summed E-state index contributed by atoms with van der Waals surface area (Å²) in [6.45, 7) is 5.33. The number of carboxylic acids is 1. The third-order valence-corrected chi connectivity index (χ3v) is 3.56. The van der Waals surface area contributed by atoms with E-state index >= 15 is 0 Å². The summed E-state index contributed by atoms with van der Waals surface area (Å²) in [5.74, 6) is -1.07. The van der Waals surface area contributed by atoms with Crippen molar-refractivity contribution in [1.29, 1.82) is 0 Å². The highest BCUT2D eigenvalue weighted by molar-refractivity contribution is 5.85. The second-order valence-corrected chi connectivity index (χ2v) is 4.93. The SMILES string of the molecule is CC(=CCN1CCN(c2ccccc2F)CC1)C(=O)O. The van der Waals surface area contributed by atoms with E-state index < -0.39 is 5.97 Å². The van der Waals surface area contributed by atoms with Crippen LogP contribution in [0.1, 0.15) is 6.92 Å². The van der Waals surface area contributed by atoms with Crippen molar-refractivity contribution in [3.8, 4) is 0 Å². The lowest BCUT2D eigenvalue weighted by Crippen LogP contribution is -2.46. The summed E-state index contributed by atoms with van der Waals surface area (Å²) in [4.78, 5) is 14.9. The molecule has 0 saturated carbocycles. The second-order valence-electron chi connectivity index (χ2n) is 4.93. The van der Waals surface area contributed by atoms with Crippen LogP contribution in [0.15, 0.2) is 35.9 Å². The Morgan fingerprint density at radius 3 is 2.55 bits per heavy atom. The summed E-state index contributed by atoms with van der Waals surface area (Å²) in [6.07, 6.45) is 1.72. The molecule has 20 heavy (non-hydrogen) atoms. The van der Waals surface area contributed by atoms with Crippen LogP contribution in [0.25, 0.3) is 0 Å². The van der Waals surface area contributed by atoms with Crippen LogP contribution >= 0.6 is 0 Å². The molecule has 2 rings (SSSR count). The number of piperazine rings is 1. The van der Waals surface area contributed by atoms with Gasteiger partial charge in [-0.25, -0.2) is 9.18 Å². The molecule has 108 valence electrons. The number of carbonyl (C=O) groups is 1. The molecular weight excluding hydrogens is 259 g/mol. The van der Waals surface area contributed by atoms with E-state index in [1.807, 2.05) is 11.0 Å². The highest BCUT2D eigenvalue weighted by atomic mass is 19.1. The van der Waals surface area contributed by atoms with Crippen molar-refractivity contribution in [3.63, 3.8) is 0 Å². The topological polar surface area (TPSA) is 43.8 Å². The van der Waals surface area contributed by atoms with Crippen LogP contribution in [-0.4, -0.2) is 48.7 Å². The van der Waals surface area contributed by atoms with Gasteiger partial charge in [-0.15, -0.1) is 0 Å². The number of aliphatic carboxylic acids is 1. The van der Waals surface area contributed by atoms with Gasteiger partial charge in [0.1, 0.15) is 5.82 Å². The number of benzene rings is 1. The van der Waals surface area contributed by atoms with Gasteiger partial charge in [0, 0.05) is 38.3 Å². The predicted molar refractivity (Wildman–Crippen MR) is 76.4 cm³/mol. The van der Waals surface area contributed by atoms with Crippen LogP contribution in [-0.2, 0) is 4.79 Å². The molecular formula is C15H19FN2O2. The zero-order valence-electron chi connectivity index (χ0n) is 11.6. The summed E-state index contributed by atoms with van der Waals surface area (Å²) in [7, 11) is 0. The summed E-state index contributed by atoms with van der Waals surface area (Å²) in [5, 5.41) is 8.80. The molecule has 1 saturated heterocycles. The Balaban J connectivity index is 1.88. The number of hydrogen-bond acceptors (Lipinski definition) is 3. The van der Waals surface area contributed by atoms with Crippen molar-refractivity contribution in [3.05, 3.63) is 41.7 Å². The van der Waals surface area contributed by atoms with E-state index in [0.29, 0.717) is 17.8 Å². The maximum absolute atomic E-state index is 13.7. The second kappa shape index (κ2) is 6.52. The molecule has 1 fully saturated rings. The van der Waals surface area contributed by atoms with Gasteiger partial charge in [-0.05, 0) is 19.1 Å². The Morgan fingerprint density at radius 2 is 1.95 bits per heavy atom. The van der Waals surface area contributed by atoms with Crippen LogP contribution < -0.4 is 4.90 Å². The van der Waals surface area contributed by atoms with Gasteiger partial charge in [-0.1, -0.05) is 18.2 Å². The molecule has 1 aliphatic rings. The minimum absolute atomic E-state index is 0.192. The Labute approximate surface area is 118 Å². The van der Waals surface area contributed by atoms with Crippen LogP contribution in [0.4, 0.5) is 10.1 Å². The zero-order valence-corrected chi connectivity index (χ0v) is 11.6. The van der Waals surface area contributed by atoms with Crippen LogP contribution in [0.2, 0.25) is 0 Å². The summed E-state index contributed by atoms with van der Waals surface area (Å²) < 4.78 is 13.7. The highest BCUT2D eigenvalue weighted by Crippen LogP contribution is 2.20. The molecule has 0 amide bonds. The predicted octanol–water partition coefficient (Wildman–Crippen LogP) is 1.98. The van der Waals surface area contributed by atoms with Gasteiger partial charge in [0.05, 0.1) is 5.69 Å². The zero-order chi connectivity index (χ0) is 14.5. The highest BCUT2D eigenvalue weighted by Gasteiger charge is 2.18. The quantitative estimate of drug-likeness (QED) is 0.855. The maximum atomic E-state index is 13.7. The molecule has 1 aromatic carbocycles. The number of para-hydroxylation sites is 1. The number of rotatable bonds is 4. The van der Waals surface area contributed by atoms with Gasteiger partial charge in [0.15, 0.2) is 0 Å². The number of halogens is 1. The summed E-state index contributed by atoms with van der Waals surface area (Å²) >= 11 is 0. The average molecular weight is 278 g/mol. The number of nitrogens with zero attached hydrogens (tertiary/aromatic N) is 2. The van der Waals surface area contributed by atoms with Gasteiger partial charge in [0.2, 0.25) is 0 Å². The molecule has 1 aromatic rings. The molecule has 0 bridgehead atoms. The first-order valence-corrected chi connectivity index (χ1v) is 6.70. The van der Waals surface area contributed by atoms with Crippen molar-refractivity contribution in [2.24, 2.45) is 0 Å².